The first-order chi connectivity index (χ1) is 4.66. The minimum Gasteiger partial charge on any atom is -0.385 e. The van der Waals surface area contributed by atoms with Crippen molar-refractivity contribution in [3.63, 3.8) is 0 Å². The number of carbonyl (C=O) groups is 1. The molecular weight excluding hydrogens is 130 g/mol. The summed E-state index contributed by atoms with van der Waals surface area (Å²) in [5.41, 5.74) is 11.7. The van der Waals surface area contributed by atoms with Crippen molar-refractivity contribution in [1.29, 1.82) is 0 Å². The van der Waals surface area contributed by atoms with Crippen LogP contribution in [0.25, 0.3) is 0 Å². The Hall–Kier alpha value is -1.03. The molecule has 1 amide bonds. The Morgan fingerprint density at radius 2 is 2.30 bits per heavy atom. The Kier molecular flexibility index (Phi) is 1.63. The van der Waals surface area contributed by atoms with E-state index in [0.29, 0.717) is 18.8 Å². The average Bonchev–Trinajstić information content (AvgIpc) is 2.17. The third-order valence-electron chi connectivity index (χ3n) is 1.71. The molecule has 4 nitrogen and oxygen atoms in total. The van der Waals surface area contributed by atoms with Gasteiger partial charge in [-0.3, -0.25) is 4.79 Å². The number of nitrogens with zero attached hydrogens (tertiary/aromatic N) is 1. The normalized spacial score (nSPS) is 19.0. The van der Waals surface area contributed by atoms with Gasteiger partial charge in [0.1, 0.15) is 5.82 Å². The summed E-state index contributed by atoms with van der Waals surface area (Å²) in [6.45, 7) is 0.377. The lowest BCUT2D eigenvalue weighted by molar-refractivity contribution is -0.126. The van der Waals surface area contributed by atoms with Crippen molar-refractivity contribution in [1.82, 2.24) is 4.90 Å². The second-order valence-corrected chi connectivity index (χ2v) is 2.32. The van der Waals surface area contributed by atoms with E-state index in [-0.39, 0.29) is 5.91 Å². The molecule has 0 atom stereocenters. The van der Waals surface area contributed by atoms with Crippen LogP contribution >= 0.6 is 0 Å². The zero-order valence-corrected chi connectivity index (χ0v) is 5.92. The fourth-order valence-electron chi connectivity index (χ4n) is 0.940. The Morgan fingerprint density at radius 3 is 2.50 bits per heavy atom. The molecule has 10 heavy (non-hydrogen) atoms. The Labute approximate surface area is 59.5 Å². The maximum atomic E-state index is 10.9. The van der Waals surface area contributed by atoms with E-state index in [9.17, 15) is 4.79 Å². The summed E-state index contributed by atoms with van der Waals surface area (Å²) in [6, 6.07) is 0. The number of nitrogens with two attached hydrogens (primary N) is 2. The van der Waals surface area contributed by atoms with Crippen LogP contribution in [0.5, 0.6) is 0 Å². The van der Waals surface area contributed by atoms with Crippen LogP contribution in [0.15, 0.2) is 11.4 Å². The second-order valence-electron chi connectivity index (χ2n) is 2.32. The molecule has 0 saturated heterocycles. The molecule has 0 saturated carbocycles. The van der Waals surface area contributed by atoms with Crippen LogP contribution in [0.3, 0.4) is 0 Å². The quantitative estimate of drug-likeness (QED) is 0.491. The van der Waals surface area contributed by atoms with E-state index in [2.05, 4.69) is 0 Å². The highest BCUT2D eigenvalue weighted by Gasteiger charge is 2.23. The number of hydrogen-bond donors (Lipinski definition) is 2. The summed E-state index contributed by atoms with van der Waals surface area (Å²) in [7, 11) is 1.65. The van der Waals surface area contributed by atoms with Gasteiger partial charge in [0.2, 0.25) is 5.91 Å². The van der Waals surface area contributed by atoms with Gasteiger partial charge in [-0.05, 0) is 5.57 Å². The number of rotatable bonds is 1. The fraction of sp³-hybridized carbons (Fsp3) is 0.500. The summed E-state index contributed by atoms with van der Waals surface area (Å²) >= 11 is 0. The molecule has 0 aliphatic carbocycles. The molecule has 0 fully saturated rings. The topological polar surface area (TPSA) is 72.3 Å². The molecule has 4 N–H and O–H groups in total. The molecular formula is C6H11N3O. The lowest BCUT2D eigenvalue weighted by Crippen LogP contribution is -2.24. The molecule has 0 unspecified atom stereocenters. The third-order valence-corrected chi connectivity index (χ3v) is 1.71. The molecule has 0 aromatic heterocycles. The first-order valence-electron chi connectivity index (χ1n) is 3.11. The molecule has 0 spiro atoms. The van der Waals surface area contributed by atoms with Crippen molar-refractivity contribution >= 4 is 5.91 Å². The van der Waals surface area contributed by atoms with Crippen LogP contribution in [0.1, 0.15) is 6.42 Å². The average molecular weight is 141 g/mol. The summed E-state index contributed by atoms with van der Waals surface area (Å²) in [5.74, 6) is 0.547. The number of hydrogen-bond acceptors (Lipinski definition) is 3. The monoisotopic (exact) mass is 141 g/mol. The maximum Gasteiger partial charge on any atom is 0.232 e. The Balaban J connectivity index is 2.83. The third kappa shape index (κ3) is 0.863. The van der Waals surface area contributed by atoms with Gasteiger partial charge in [0.15, 0.2) is 0 Å². The van der Waals surface area contributed by atoms with E-state index in [0.717, 1.165) is 5.57 Å². The van der Waals surface area contributed by atoms with Crippen molar-refractivity contribution in [2.75, 3.05) is 13.6 Å². The summed E-state index contributed by atoms with van der Waals surface area (Å²) < 4.78 is 0. The Morgan fingerprint density at radius 1 is 1.70 bits per heavy atom. The van der Waals surface area contributed by atoms with Crippen molar-refractivity contribution < 1.29 is 4.79 Å². The molecule has 0 bridgehead atoms. The highest BCUT2D eigenvalue weighted by Crippen LogP contribution is 2.16. The molecule has 1 rings (SSSR count). The van der Waals surface area contributed by atoms with E-state index < -0.39 is 0 Å². The SMILES string of the molecule is CN1C(=O)CC(CN)=C1N. The number of amides is 1. The largest absolute Gasteiger partial charge is 0.385 e. The molecule has 1 heterocycles. The zero-order valence-electron chi connectivity index (χ0n) is 5.92. The smallest absolute Gasteiger partial charge is 0.232 e. The Bertz CT molecular complexity index is 197. The molecule has 4 heteroatoms. The van der Waals surface area contributed by atoms with Gasteiger partial charge in [-0.1, -0.05) is 0 Å². The predicted molar refractivity (Wildman–Crippen MR) is 37.7 cm³/mol. The lowest BCUT2D eigenvalue weighted by Gasteiger charge is -2.08. The van der Waals surface area contributed by atoms with Crippen molar-refractivity contribution in [2.24, 2.45) is 11.5 Å². The van der Waals surface area contributed by atoms with E-state index >= 15 is 0 Å². The van der Waals surface area contributed by atoms with E-state index in [4.69, 9.17) is 11.5 Å². The van der Waals surface area contributed by atoms with Gasteiger partial charge in [-0.25, -0.2) is 0 Å². The van der Waals surface area contributed by atoms with Crippen LogP contribution in [-0.2, 0) is 4.79 Å². The summed E-state index contributed by atoms with van der Waals surface area (Å²) in [6.07, 6.45) is 0.388. The lowest BCUT2D eigenvalue weighted by atomic mass is 10.2. The first-order valence-corrected chi connectivity index (χ1v) is 3.11. The van der Waals surface area contributed by atoms with Crippen LogP contribution in [0.4, 0.5) is 0 Å². The van der Waals surface area contributed by atoms with Crippen molar-refractivity contribution in [3.8, 4) is 0 Å². The fourth-order valence-corrected chi connectivity index (χ4v) is 0.940. The molecule has 56 valence electrons. The van der Waals surface area contributed by atoms with Gasteiger partial charge >= 0.3 is 0 Å². The van der Waals surface area contributed by atoms with Gasteiger partial charge in [-0.15, -0.1) is 0 Å². The van der Waals surface area contributed by atoms with Gasteiger partial charge in [0.05, 0.1) is 6.42 Å². The standard InChI is InChI=1S/C6H11N3O/c1-9-5(10)2-4(3-7)6(9)8/h2-3,7-8H2,1H3. The van der Waals surface area contributed by atoms with E-state index in [1.54, 1.807) is 7.05 Å². The minimum atomic E-state index is 0.0259. The van der Waals surface area contributed by atoms with Crippen LogP contribution < -0.4 is 11.5 Å². The highest BCUT2D eigenvalue weighted by molar-refractivity contribution is 5.83. The molecule has 0 aromatic carbocycles. The van der Waals surface area contributed by atoms with E-state index in [1.807, 2.05) is 0 Å². The molecule has 0 aromatic rings. The second kappa shape index (κ2) is 2.30. The first kappa shape index (κ1) is 7.08. The summed E-state index contributed by atoms with van der Waals surface area (Å²) in [4.78, 5) is 12.3. The highest BCUT2D eigenvalue weighted by atomic mass is 16.2. The van der Waals surface area contributed by atoms with Crippen LogP contribution in [0.2, 0.25) is 0 Å². The number of carbonyl (C=O) groups excluding carboxylic acids is 1. The van der Waals surface area contributed by atoms with Gasteiger partial charge in [0, 0.05) is 13.6 Å². The molecule has 1 aliphatic heterocycles. The minimum absolute atomic E-state index is 0.0259. The van der Waals surface area contributed by atoms with Crippen molar-refractivity contribution in [2.45, 2.75) is 6.42 Å². The summed E-state index contributed by atoms with van der Waals surface area (Å²) in [5, 5.41) is 0. The molecule has 0 radical (unpaired) electrons. The maximum absolute atomic E-state index is 10.9. The molecule has 1 aliphatic rings. The van der Waals surface area contributed by atoms with Crippen LogP contribution in [-0.4, -0.2) is 24.4 Å². The van der Waals surface area contributed by atoms with Crippen molar-refractivity contribution in [3.05, 3.63) is 11.4 Å². The van der Waals surface area contributed by atoms with Gasteiger partial charge < -0.3 is 16.4 Å². The van der Waals surface area contributed by atoms with Crippen LogP contribution in [0, 0.1) is 0 Å². The van der Waals surface area contributed by atoms with Gasteiger partial charge in [0.25, 0.3) is 0 Å². The van der Waals surface area contributed by atoms with Gasteiger partial charge in [-0.2, -0.15) is 0 Å². The zero-order chi connectivity index (χ0) is 7.72. The van der Waals surface area contributed by atoms with E-state index in [1.165, 1.54) is 4.90 Å². The predicted octanol–water partition coefficient (Wildman–Crippen LogP) is -1.02.